The van der Waals surface area contributed by atoms with Crippen molar-refractivity contribution in [1.82, 2.24) is 19.7 Å². The van der Waals surface area contributed by atoms with Crippen LogP contribution in [0.15, 0.2) is 41.7 Å². The van der Waals surface area contributed by atoms with Crippen molar-refractivity contribution in [1.29, 1.82) is 0 Å². The average Bonchev–Trinajstić information content (AvgIpc) is 3.03. The highest BCUT2D eigenvalue weighted by atomic mass is 16.5. The summed E-state index contributed by atoms with van der Waals surface area (Å²) in [6.07, 6.45) is 1.53. The standard InChI is InChI=1S/C14H18N6O/c15-14(19-6-8-21-9-7-19)16-10-13-17-11-18-20(13)12-4-2-1-3-5-12/h1-5,11H,6-10H2,(H2,15,16). The lowest BCUT2D eigenvalue weighted by Gasteiger charge is -2.27. The number of ether oxygens (including phenoxy) is 1. The lowest BCUT2D eigenvalue weighted by molar-refractivity contribution is 0.0674. The van der Waals surface area contributed by atoms with Gasteiger partial charge in [-0.05, 0) is 12.1 Å². The quantitative estimate of drug-likeness (QED) is 0.653. The molecule has 2 heterocycles. The number of nitrogens with zero attached hydrogens (tertiary/aromatic N) is 5. The maximum absolute atomic E-state index is 6.02. The van der Waals surface area contributed by atoms with Crippen LogP contribution in [0.1, 0.15) is 5.82 Å². The summed E-state index contributed by atoms with van der Waals surface area (Å²) in [7, 11) is 0. The van der Waals surface area contributed by atoms with E-state index in [1.54, 1.807) is 4.68 Å². The third-order valence-electron chi connectivity index (χ3n) is 3.34. The summed E-state index contributed by atoms with van der Waals surface area (Å²) in [6, 6.07) is 9.85. The molecule has 1 saturated heterocycles. The predicted molar refractivity (Wildman–Crippen MR) is 79.1 cm³/mol. The summed E-state index contributed by atoms with van der Waals surface area (Å²) in [5.74, 6) is 1.29. The Kier molecular flexibility index (Phi) is 4.11. The summed E-state index contributed by atoms with van der Waals surface area (Å²) in [5, 5.41) is 4.24. The summed E-state index contributed by atoms with van der Waals surface area (Å²) >= 11 is 0. The highest BCUT2D eigenvalue weighted by Gasteiger charge is 2.13. The zero-order valence-corrected chi connectivity index (χ0v) is 11.7. The largest absolute Gasteiger partial charge is 0.378 e. The first-order valence-electron chi connectivity index (χ1n) is 6.91. The number of guanidine groups is 1. The average molecular weight is 286 g/mol. The Labute approximate surface area is 123 Å². The van der Waals surface area contributed by atoms with Crippen molar-refractivity contribution < 1.29 is 4.74 Å². The second-order valence-corrected chi connectivity index (χ2v) is 4.70. The second-order valence-electron chi connectivity index (χ2n) is 4.70. The van der Waals surface area contributed by atoms with E-state index in [2.05, 4.69) is 15.1 Å². The molecule has 0 bridgehead atoms. The lowest BCUT2D eigenvalue weighted by Crippen LogP contribution is -2.44. The van der Waals surface area contributed by atoms with Crippen LogP contribution in [0, 0.1) is 0 Å². The highest BCUT2D eigenvalue weighted by molar-refractivity contribution is 5.78. The number of rotatable bonds is 3. The summed E-state index contributed by atoms with van der Waals surface area (Å²) in [6.45, 7) is 3.34. The van der Waals surface area contributed by atoms with Crippen molar-refractivity contribution in [3.05, 3.63) is 42.5 Å². The minimum atomic E-state index is 0.401. The number of nitrogens with two attached hydrogens (primary N) is 1. The Morgan fingerprint density at radius 2 is 2.00 bits per heavy atom. The zero-order chi connectivity index (χ0) is 14.5. The Balaban J connectivity index is 1.72. The molecule has 7 nitrogen and oxygen atoms in total. The van der Waals surface area contributed by atoms with Crippen LogP contribution < -0.4 is 5.73 Å². The van der Waals surface area contributed by atoms with Crippen LogP contribution in [0.3, 0.4) is 0 Å². The number of para-hydroxylation sites is 1. The van der Waals surface area contributed by atoms with Gasteiger partial charge in [0.2, 0.25) is 0 Å². The van der Waals surface area contributed by atoms with Crippen molar-refractivity contribution in [2.45, 2.75) is 6.54 Å². The van der Waals surface area contributed by atoms with Crippen molar-refractivity contribution >= 4 is 5.96 Å². The Hall–Kier alpha value is -2.41. The molecular weight excluding hydrogens is 268 g/mol. The molecule has 0 atom stereocenters. The molecule has 0 unspecified atom stereocenters. The van der Waals surface area contributed by atoms with E-state index < -0.39 is 0 Å². The number of aromatic nitrogens is 3. The minimum absolute atomic E-state index is 0.401. The van der Waals surface area contributed by atoms with Crippen LogP contribution >= 0.6 is 0 Å². The molecule has 3 rings (SSSR count). The Morgan fingerprint density at radius 3 is 2.76 bits per heavy atom. The first-order valence-corrected chi connectivity index (χ1v) is 6.91. The Bertz CT molecular complexity index is 603. The maximum atomic E-state index is 6.02. The molecule has 7 heteroatoms. The highest BCUT2D eigenvalue weighted by Crippen LogP contribution is 2.08. The van der Waals surface area contributed by atoms with Gasteiger partial charge in [-0.2, -0.15) is 5.10 Å². The third kappa shape index (κ3) is 3.19. The van der Waals surface area contributed by atoms with Gasteiger partial charge in [0.05, 0.1) is 18.9 Å². The number of aliphatic imine (C=N–C) groups is 1. The van der Waals surface area contributed by atoms with Gasteiger partial charge < -0.3 is 15.4 Å². The number of hydrogen-bond donors (Lipinski definition) is 1. The van der Waals surface area contributed by atoms with Gasteiger partial charge in [-0.15, -0.1) is 0 Å². The third-order valence-corrected chi connectivity index (χ3v) is 3.34. The van der Waals surface area contributed by atoms with E-state index in [9.17, 15) is 0 Å². The van der Waals surface area contributed by atoms with E-state index in [-0.39, 0.29) is 0 Å². The monoisotopic (exact) mass is 286 g/mol. The number of hydrogen-bond acceptors (Lipinski definition) is 4. The molecule has 0 spiro atoms. The van der Waals surface area contributed by atoms with Crippen LogP contribution in [-0.4, -0.2) is 51.9 Å². The molecule has 2 N–H and O–H groups in total. The molecule has 0 aliphatic carbocycles. The molecule has 110 valence electrons. The van der Waals surface area contributed by atoms with Gasteiger partial charge in [-0.1, -0.05) is 18.2 Å². The summed E-state index contributed by atoms with van der Waals surface area (Å²) < 4.78 is 7.07. The zero-order valence-electron chi connectivity index (χ0n) is 11.7. The first kappa shape index (κ1) is 13.6. The van der Waals surface area contributed by atoms with E-state index in [4.69, 9.17) is 10.5 Å². The van der Waals surface area contributed by atoms with Crippen molar-refractivity contribution in [3.63, 3.8) is 0 Å². The van der Waals surface area contributed by atoms with Gasteiger partial charge in [-0.25, -0.2) is 14.7 Å². The van der Waals surface area contributed by atoms with Crippen LogP contribution in [0.25, 0.3) is 5.69 Å². The van der Waals surface area contributed by atoms with Gasteiger partial charge in [-0.3, -0.25) is 0 Å². The fourth-order valence-electron chi connectivity index (χ4n) is 2.20. The van der Waals surface area contributed by atoms with Crippen LogP contribution in [0.5, 0.6) is 0 Å². The van der Waals surface area contributed by atoms with Crippen molar-refractivity contribution in [3.8, 4) is 5.69 Å². The van der Waals surface area contributed by atoms with Gasteiger partial charge in [0.15, 0.2) is 11.8 Å². The smallest absolute Gasteiger partial charge is 0.191 e. The van der Waals surface area contributed by atoms with Crippen molar-refractivity contribution in [2.24, 2.45) is 10.7 Å². The summed E-state index contributed by atoms with van der Waals surface area (Å²) in [4.78, 5) is 10.7. The van der Waals surface area contributed by atoms with Crippen LogP contribution in [0.2, 0.25) is 0 Å². The number of morpholine rings is 1. The molecule has 21 heavy (non-hydrogen) atoms. The fraction of sp³-hybridized carbons (Fsp3) is 0.357. The second kappa shape index (κ2) is 6.36. The molecule has 1 fully saturated rings. The van der Waals surface area contributed by atoms with E-state index in [0.29, 0.717) is 25.7 Å². The van der Waals surface area contributed by atoms with Crippen LogP contribution in [-0.2, 0) is 11.3 Å². The number of benzene rings is 1. The molecule has 0 amide bonds. The van der Waals surface area contributed by atoms with Gasteiger partial charge in [0.25, 0.3) is 0 Å². The Morgan fingerprint density at radius 1 is 1.24 bits per heavy atom. The molecule has 1 aliphatic heterocycles. The van der Waals surface area contributed by atoms with Gasteiger partial charge >= 0.3 is 0 Å². The molecule has 1 aromatic heterocycles. The van der Waals surface area contributed by atoms with E-state index >= 15 is 0 Å². The van der Waals surface area contributed by atoms with Crippen LogP contribution in [0.4, 0.5) is 0 Å². The first-order chi connectivity index (χ1) is 10.3. The molecule has 0 saturated carbocycles. The molecule has 1 aromatic carbocycles. The van der Waals surface area contributed by atoms with E-state index in [1.165, 1.54) is 6.33 Å². The molecule has 2 aromatic rings. The SMILES string of the molecule is NC(=NCc1ncnn1-c1ccccc1)N1CCOCC1. The molecular formula is C14H18N6O. The normalized spacial score (nSPS) is 16.2. The van der Waals surface area contributed by atoms with Crippen molar-refractivity contribution in [2.75, 3.05) is 26.3 Å². The fourth-order valence-corrected chi connectivity index (χ4v) is 2.20. The van der Waals surface area contributed by atoms with E-state index in [0.717, 1.165) is 24.6 Å². The predicted octanol–water partition coefficient (Wildman–Crippen LogP) is 0.414. The maximum Gasteiger partial charge on any atom is 0.191 e. The van der Waals surface area contributed by atoms with Gasteiger partial charge in [0.1, 0.15) is 12.9 Å². The lowest BCUT2D eigenvalue weighted by atomic mass is 10.3. The van der Waals surface area contributed by atoms with Gasteiger partial charge in [0, 0.05) is 13.1 Å². The van der Waals surface area contributed by atoms with E-state index in [1.807, 2.05) is 35.2 Å². The topological polar surface area (TPSA) is 81.6 Å². The molecule has 1 aliphatic rings. The molecule has 0 radical (unpaired) electrons. The minimum Gasteiger partial charge on any atom is -0.378 e. The summed E-state index contributed by atoms with van der Waals surface area (Å²) in [5.41, 5.74) is 6.98.